The second kappa shape index (κ2) is 12.4. The van der Waals surface area contributed by atoms with Gasteiger partial charge >= 0.3 is 11.9 Å². The van der Waals surface area contributed by atoms with E-state index in [9.17, 15) is 9.59 Å². The monoisotopic (exact) mass is 468 g/mol. The minimum absolute atomic E-state index is 0.552. The highest BCUT2D eigenvalue weighted by molar-refractivity contribution is 5.82. The highest BCUT2D eigenvalue weighted by Gasteiger charge is 2.06. The van der Waals surface area contributed by atoms with Crippen LogP contribution in [0.5, 0.6) is 11.5 Å². The van der Waals surface area contributed by atoms with Gasteiger partial charge in [0.15, 0.2) is 0 Å². The maximum Gasteiger partial charge on any atom is 0.335 e. The van der Waals surface area contributed by atoms with E-state index in [0.29, 0.717) is 11.5 Å². The molecule has 0 radical (unpaired) electrons. The van der Waals surface area contributed by atoms with E-state index < -0.39 is 11.9 Å². The number of benzene rings is 3. The van der Waals surface area contributed by atoms with E-state index in [2.05, 4.69) is 38.3 Å². The smallest absolute Gasteiger partial charge is 0.335 e. The Morgan fingerprint density at radius 3 is 1.54 bits per heavy atom. The molecule has 0 heterocycles. The second-order valence-corrected chi connectivity index (χ2v) is 7.14. The highest BCUT2D eigenvalue weighted by atomic mass is 16.5. The van der Waals surface area contributed by atoms with Crippen LogP contribution in [-0.2, 0) is 19.1 Å². The van der Waals surface area contributed by atoms with Crippen LogP contribution in [0.2, 0.25) is 0 Å². The fourth-order valence-electron chi connectivity index (χ4n) is 3.10. The average molecular weight is 469 g/mol. The molecule has 0 amide bonds. The van der Waals surface area contributed by atoms with Gasteiger partial charge in [-0.2, -0.15) is 0 Å². The molecule has 0 aliphatic carbocycles. The van der Waals surface area contributed by atoms with Crippen molar-refractivity contribution in [1.82, 2.24) is 0 Å². The van der Waals surface area contributed by atoms with Crippen molar-refractivity contribution in [3.05, 3.63) is 123 Å². The molecule has 6 heteroatoms. The number of esters is 2. The molecular weight excluding hydrogens is 444 g/mol. The third-order valence-electron chi connectivity index (χ3n) is 4.80. The number of aryl methyl sites for hydroxylation is 1. The predicted molar refractivity (Wildman–Crippen MR) is 134 cm³/mol. The molecule has 0 saturated carbocycles. The van der Waals surface area contributed by atoms with Crippen LogP contribution < -0.4 is 9.47 Å². The molecule has 6 nitrogen and oxygen atoms in total. The first-order chi connectivity index (χ1) is 17.0. The Balaban J connectivity index is 1.63. The lowest BCUT2D eigenvalue weighted by Crippen LogP contribution is -1.93. The van der Waals surface area contributed by atoms with E-state index in [1.165, 1.54) is 12.5 Å². The van der Waals surface area contributed by atoms with Crippen LogP contribution in [0, 0.1) is 6.92 Å². The Bertz CT molecular complexity index is 1250. The molecule has 0 atom stereocenters. The van der Waals surface area contributed by atoms with Crippen LogP contribution in [0.4, 0.5) is 0 Å². The quantitative estimate of drug-likeness (QED) is 0.192. The summed E-state index contributed by atoms with van der Waals surface area (Å²) in [6, 6.07) is 21.5. The summed E-state index contributed by atoms with van der Waals surface area (Å²) in [5.41, 5.74) is 5.40. The molecule has 0 aliphatic heterocycles. The molecule has 176 valence electrons. The normalized spacial score (nSPS) is 10.7. The van der Waals surface area contributed by atoms with Gasteiger partial charge in [0, 0.05) is 12.2 Å². The first-order valence-electron chi connectivity index (χ1n) is 10.6. The van der Waals surface area contributed by atoms with Gasteiger partial charge in [-0.3, -0.25) is 0 Å². The van der Waals surface area contributed by atoms with Crippen molar-refractivity contribution in [2.45, 2.75) is 6.92 Å². The zero-order chi connectivity index (χ0) is 25.0. The predicted octanol–water partition coefficient (Wildman–Crippen LogP) is 6.49. The van der Waals surface area contributed by atoms with Gasteiger partial charge in [0.2, 0.25) is 0 Å². The number of hydrogen-bond acceptors (Lipinski definition) is 6. The van der Waals surface area contributed by atoms with Gasteiger partial charge in [-0.05, 0) is 59.0 Å². The number of hydrogen-bond donors (Lipinski definition) is 0. The van der Waals surface area contributed by atoms with E-state index in [1.54, 1.807) is 0 Å². The van der Waals surface area contributed by atoms with Crippen molar-refractivity contribution < 1.29 is 28.5 Å². The van der Waals surface area contributed by atoms with Crippen molar-refractivity contribution in [1.29, 1.82) is 0 Å². The minimum atomic E-state index is -0.552. The summed E-state index contributed by atoms with van der Waals surface area (Å²) in [5.74, 6) is 0.127. The van der Waals surface area contributed by atoms with Gasteiger partial charge in [0.05, 0.1) is 0 Å². The van der Waals surface area contributed by atoms with Crippen LogP contribution >= 0.6 is 0 Å². The molecule has 3 rings (SSSR count). The standard InChI is InChI=1S/C29H24O6/c1-4-28(30)34-18-16-32-25-11-6-22(7-12-25)24-10-15-27(21(3)20-24)23-8-13-26(14-9-23)33-17-19-35-29(31)5-2/h4-20H,1-2H2,3H3/b18-16-,19-17-. The number of carbonyl (C=O) groups is 2. The Morgan fingerprint density at radius 2 is 1.09 bits per heavy atom. The Morgan fingerprint density at radius 1 is 0.629 bits per heavy atom. The summed E-state index contributed by atoms with van der Waals surface area (Å²) in [4.78, 5) is 22.0. The molecule has 3 aromatic carbocycles. The van der Waals surface area contributed by atoms with Crippen molar-refractivity contribution in [3.8, 4) is 33.8 Å². The molecule has 0 N–H and O–H groups in total. The van der Waals surface area contributed by atoms with Crippen LogP contribution in [-0.4, -0.2) is 11.9 Å². The second-order valence-electron chi connectivity index (χ2n) is 7.14. The van der Waals surface area contributed by atoms with E-state index in [1.807, 2.05) is 48.5 Å². The van der Waals surface area contributed by atoms with Crippen molar-refractivity contribution in [2.75, 3.05) is 0 Å². The van der Waals surface area contributed by atoms with E-state index >= 15 is 0 Å². The maximum atomic E-state index is 11.0. The van der Waals surface area contributed by atoms with Crippen LogP contribution in [0.15, 0.2) is 117 Å². The van der Waals surface area contributed by atoms with Gasteiger partial charge in [-0.1, -0.05) is 55.6 Å². The molecule has 0 unspecified atom stereocenters. The van der Waals surface area contributed by atoms with Gasteiger partial charge in [-0.25, -0.2) is 9.59 Å². The summed E-state index contributed by atoms with van der Waals surface area (Å²) in [5, 5.41) is 0. The molecule has 0 saturated heterocycles. The average Bonchev–Trinajstić information content (AvgIpc) is 2.89. The molecule has 0 fully saturated rings. The summed E-state index contributed by atoms with van der Waals surface area (Å²) < 4.78 is 20.3. The lowest BCUT2D eigenvalue weighted by Gasteiger charge is -2.10. The molecule has 0 bridgehead atoms. The highest BCUT2D eigenvalue weighted by Crippen LogP contribution is 2.30. The summed E-state index contributed by atoms with van der Waals surface area (Å²) >= 11 is 0. The van der Waals surface area contributed by atoms with Crippen molar-refractivity contribution in [2.24, 2.45) is 0 Å². The summed E-state index contributed by atoms with van der Waals surface area (Å²) in [7, 11) is 0. The van der Waals surface area contributed by atoms with Gasteiger partial charge < -0.3 is 18.9 Å². The van der Waals surface area contributed by atoms with Gasteiger partial charge in [0.1, 0.15) is 36.5 Å². The molecule has 35 heavy (non-hydrogen) atoms. The molecule has 3 aromatic rings. The van der Waals surface area contributed by atoms with Crippen molar-refractivity contribution >= 4 is 11.9 Å². The molecule has 0 spiro atoms. The Kier molecular flexibility index (Phi) is 8.79. The fraction of sp³-hybridized carbons (Fsp3) is 0.0345. The topological polar surface area (TPSA) is 71.1 Å². The van der Waals surface area contributed by atoms with Crippen LogP contribution in [0.1, 0.15) is 5.56 Å². The van der Waals surface area contributed by atoms with E-state index in [0.717, 1.165) is 52.5 Å². The molecular formula is C29H24O6. The van der Waals surface area contributed by atoms with E-state index in [-0.39, 0.29) is 0 Å². The Hall–Kier alpha value is -4.84. The van der Waals surface area contributed by atoms with Crippen molar-refractivity contribution in [3.63, 3.8) is 0 Å². The maximum absolute atomic E-state index is 11.0. The molecule has 0 aromatic heterocycles. The first kappa shape index (κ1) is 24.8. The lowest BCUT2D eigenvalue weighted by atomic mass is 9.96. The number of rotatable bonds is 10. The van der Waals surface area contributed by atoms with E-state index in [4.69, 9.17) is 18.9 Å². The fourth-order valence-corrected chi connectivity index (χ4v) is 3.10. The van der Waals surface area contributed by atoms with Crippen LogP contribution in [0.25, 0.3) is 22.3 Å². The SMILES string of the molecule is C=CC(=O)O/C=C\Oc1ccc(-c2ccc(-c3ccc(O/C=C\OC(=O)C=C)cc3)c(C)c2)cc1. The zero-order valence-corrected chi connectivity index (χ0v) is 19.2. The van der Waals surface area contributed by atoms with Crippen LogP contribution in [0.3, 0.4) is 0 Å². The van der Waals surface area contributed by atoms with Gasteiger partial charge in [-0.15, -0.1) is 0 Å². The Labute approximate surface area is 204 Å². The largest absolute Gasteiger partial charge is 0.462 e. The third kappa shape index (κ3) is 7.33. The lowest BCUT2D eigenvalue weighted by molar-refractivity contribution is -0.133. The summed E-state index contributed by atoms with van der Waals surface area (Å²) in [6.07, 6.45) is 7.05. The number of ether oxygens (including phenoxy) is 4. The minimum Gasteiger partial charge on any atom is -0.462 e. The number of carbonyl (C=O) groups excluding carboxylic acids is 2. The summed E-state index contributed by atoms with van der Waals surface area (Å²) in [6.45, 7) is 8.70. The zero-order valence-electron chi connectivity index (χ0n) is 19.2. The first-order valence-corrected chi connectivity index (χ1v) is 10.6. The molecule has 0 aliphatic rings. The van der Waals surface area contributed by atoms with Gasteiger partial charge in [0.25, 0.3) is 0 Å². The third-order valence-corrected chi connectivity index (χ3v) is 4.80.